The highest BCUT2D eigenvalue weighted by atomic mass is 16.5. The Morgan fingerprint density at radius 3 is 2.61 bits per heavy atom. The first kappa shape index (κ1) is 12.8. The zero-order valence-corrected chi connectivity index (χ0v) is 10.6. The van der Waals surface area contributed by atoms with Crippen molar-refractivity contribution < 1.29 is 14.3 Å². The average molecular weight is 246 g/mol. The van der Waals surface area contributed by atoms with Crippen LogP contribution in [0.1, 0.15) is 38.2 Å². The van der Waals surface area contributed by atoms with E-state index in [2.05, 4.69) is 0 Å². The second-order valence-corrected chi connectivity index (χ2v) is 4.87. The zero-order valence-electron chi connectivity index (χ0n) is 10.6. The first-order valence-electron chi connectivity index (χ1n) is 6.40. The van der Waals surface area contributed by atoms with Gasteiger partial charge in [-0.15, -0.1) is 0 Å². The van der Waals surface area contributed by atoms with Gasteiger partial charge < -0.3 is 9.53 Å². The second-order valence-electron chi connectivity index (χ2n) is 4.87. The summed E-state index contributed by atoms with van der Waals surface area (Å²) in [5.41, 5.74) is 1.14. The summed E-state index contributed by atoms with van der Waals surface area (Å²) in [6.45, 7) is 1.61. The van der Waals surface area contributed by atoms with Crippen LogP contribution in [0.4, 0.5) is 0 Å². The average Bonchev–Trinajstić information content (AvgIpc) is 2.74. The maximum absolute atomic E-state index is 11.1. The quantitative estimate of drug-likeness (QED) is 0.802. The topological polar surface area (TPSA) is 43.4 Å². The molecule has 3 nitrogen and oxygen atoms in total. The summed E-state index contributed by atoms with van der Waals surface area (Å²) >= 11 is 0. The standard InChI is InChI=1S/C15H18O3/c1-11(16)2-3-12-4-7-14(8-5-12)18-15-9-6-13(17)10-15/h4-5,7-8,15H,2-3,6,9-10H2,1H3. The van der Waals surface area contributed by atoms with Gasteiger partial charge in [-0.2, -0.15) is 0 Å². The minimum absolute atomic E-state index is 0.0422. The Balaban J connectivity index is 1.87. The molecule has 1 aliphatic carbocycles. The number of carbonyl (C=O) groups excluding carboxylic acids is 2. The van der Waals surface area contributed by atoms with Gasteiger partial charge in [0.25, 0.3) is 0 Å². The van der Waals surface area contributed by atoms with Crippen LogP contribution in [0.15, 0.2) is 24.3 Å². The molecule has 1 atom stereocenters. The van der Waals surface area contributed by atoms with E-state index in [-0.39, 0.29) is 17.7 Å². The van der Waals surface area contributed by atoms with E-state index in [1.54, 1.807) is 6.92 Å². The number of aryl methyl sites for hydroxylation is 1. The molecule has 0 spiro atoms. The Kier molecular flexibility index (Phi) is 4.13. The van der Waals surface area contributed by atoms with Gasteiger partial charge in [0.1, 0.15) is 23.4 Å². The molecule has 1 aromatic carbocycles. The highest BCUT2D eigenvalue weighted by Gasteiger charge is 2.23. The monoisotopic (exact) mass is 246 g/mol. The van der Waals surface area contributed by atoms with Crippen LogP contribution < -0.4 is 4.74 Å². The first-order chi connectivity index (χ1) is 8.63. The number of benzene rings is 1. The summed E-state index contributed by atoms with van der Waals surface area (Å²) in [6, 6.07) is 7.79. The largest absolute Gasteiger partial charge is 0.490 e. The van der Waals surface area contributed by atoms with E-state index in [0.717, 1.165) is 24.2 Å². The Bertz CT molecular complexity index is 434. The van der Waals surface area contributed by atoms with E-state index >= 15 is 0 Å². The number of ketones is 2. The normalized spacial score (nSPS) is 18.9. The van der Waals surface area contributed by atoms with Gasteiger partial charge in [-0.05, 0) is 37.5 Å². The fraction of sp³-hybridized carbons (Fsp3) is 0.467. The summed E-state index contributed by atoms with van der Waals surface area (Å²) in [4.78, 5) is 22.0. The van der Waals surface area contributed by atoms with E-state index in [9.17, 15) is 9.59 Å². The SMILES string of the molecule is CC(=O)CCc1ccc(OC2CCC(=O)C2)cc1. The van der Waals surface area contributed by atoms with Crippen LogP contribution in [0, 0.1) is 0 Å². The predicted molar refractivity (Wildman–Crippen MR) is 68.7 cm³/mol. The molecule has 96 valence electrons. The van der Waals surface area contributed by atoms with Gasteiger partial charge >= 0.3 is 0 Å². The number of hydrogen-bond donors (Lipinski definition) is 0. The number of Topliss-reactive ketones (excluding diaryl/α,β-unsaturated/α-hetero) is 2. The van der Waals surface area contributed by atoms with E-state index < -0.39 is 0 Å². The Morgan fingerprint density at radius 2 is 2.06 bits per heavy atom. The van der Waals surface area contributed by atoms with E-state index in [1.165, 1.54) is 0 Å². The van der Waals surface area contributed by atoms with Gasteiger partial charge in [0.15, 0.2) is 0 Å². The summed E-state index contributed by atoms with van der Waals surface area (Å²) in [5.74, 6) is 1.30. The van der Waals surface area contributed by atoms with Gasteiger partial charge in [-0.3, -0.25) is 4.79 Å². The van der Waals surface area contributed by atoms with Gasteiger partial charge in [-0.25, -0.2) is 0 Å². The van der Waals surface area contributed by atoms with E-state index in [0.29, 0.717) is 19.3 Å². The van der Waals surface area contributed by atoms with Crippen LogP contribution in [0.2, 0.25) is 0 Å². The minimum atomic E-state index is 0.0422. The Hall–Kier alpha value is -1.64. The molecular formula is C15H18O3. The molecular weight excluding hydrogens is 228 g/mol. The maximum atomic E-state index is 11.1. The lowest BCUT2D eigenvalue weighted by molar-refractivity contribution is -0.118. The number of rotatable bonds is 5. The van der Waals surface area contributed by atoms with Crippen molar-refractivity contribution in [3.8, 4) is 5.75 Å². The molecule has 0 amide bonds. The van der Waals surface area contributed by atoms with E-state index in [1.807, 2.05) is 24.3 Å². The molecule has 2 rings (SSSR count). The molecule has 0 bridgehead atoms. The summed E-state index contributed by atoms with van der Waals surface area (Å²) in [5, 5.41) is 0. The van der Waals surface area contributed by atoms with Crippen molar-refractivity contribution in [2.75, 3.05) is 0 Å². The summed E-state index contributed by atoms with van der Waals surface area (Å²) in [6.07, 6.45) is 3.40. The maximum Gasteiger partial charge on any atom is 0.136 e. The smallest absolute Gasteiger partial charge is 0.136 e. The Labute approximate surface area is 107 Å². The van der Waals surface area contributed by atoms with Crippen molar-refractivity contribution in [1.29, 1.82) is 0 Å². The minimum Gasteiger partial charge on any atom is -0.490 e. The molecule has 0 saturated heterocycles. The molecule has 0 aliphatic heterocycles. The van der Waals surface area contributed by atoms with Crippen molar-refractivity contribution in [1.82, 2.24) is 0 Å². The number of hydrogen-bond acceptors (Lipinski definition) is 3. The van der Waals surface area contributed by atoms with Crippen LogP contribution in [-0.2, 0) is 16.0 Å². The van der Waals surface area contributed by atoms with Gasteiger partial charge in [-0.1, -0.05) is 12.1 Å². The summed E-state index contributed by atoms with van der Waals surface area (Å²) in [7, 11) is 0. The van der Waals surface area contributed by atoms with Crippen LogP contribution in [0.25, 0.3) is 0 Å². The molecule has 0 heterocycles. The number of carbonyl (C=O) groups is 2. The highest BCUT2D eigenvalue weighted by Crippen LogP contribution is 2.22. The van der Waals surface area contributed by atoms with Crippen molar-refractivity contribution in [3.05, 3.63) is 29.8 Å². The fourth-order valence-corrected chi connectivity index (χ4v) is 2.13. The van der Waals surface area contributed by atoms with Gasteiger partial charge in [0, 0.05) is 19.3 Å². The molecule has 0 N–H and O–H groups in total. The zero-order chi connectivity index (χ0) is 13.0. The molecule has 18 heavy (non-hydrogen) atoms. The number of ether oxygens (including phenoxy) is 1. The fourth-order valence-electron chi connectivity index (χ4n) is 2.13. The molecule has 1 fully saturated rings. The molecule has 1 saturated carbocycles. The first-order valence-corrected chi connectivity index (χ1v) is 6.40. The summed E-state index contributed by atoms with van der Waals surface area (Å²) < 4.78 is 5.74. The third-order valence-corrected chi connectivity index (χ3v) is 3.19. The highest BCUT2D eigenvalue weighted by molar-refractivity contribution is 5.81. The van der Waals surface area contributed by atoms with Gasteiger partial charge in [0.2, 0.25) is 0 Å². The lowest BCUT2D eigenvalue weighted by Crippen LogP contribution is -2.11. The van der Waals surface area contributed by atoms with Crippen LogP contribution >= 0.6 is 0 Å². The van der Waals surface area contributed by atoms with Gasteiger partial charge in [0.05, 0.1) is 0 Å². The van der Waals surface area contributed by atoms with E-state index in [4.69, 9.17) is 4.74 Å². The molecule has 0 aromatic heterocycles. The van der Waals surface area contributed by atoms with Crippen LogP contribution in [-0.4, -0.2) is 17.7 Å². The second kappa shape index (κ2) is 5.80. The Morgan fingerprint density at radius 1 is 1.33 bits per heavy atom. The van der Waals surface area contributed by atoms with Crippen molar-refractivity contribution >= 4 is 11.6 Å². The molecule has 0 radical (unpaired) electrons. The third kappa shape index (κ3) is 3.69. The van der Waals surface area contributed by atoms with Crippen LogP contribution in [0.5, 0.6) is 5.75 Å². The third-order valence-electron chi connectivity index (χ3n) is 3.19. The van der Waals surface area contributed by atoms with Crippen molar-refractivity contribution in [2.24, 2.45) is 0 Å². The molecule has 1 aliphatic rings. The lowest BCUT2D eigenvalue weighted by atomic mass is 10.1. The molecule has 1 unspecified atom stereocenters. The molecule has 1 aromatic rings. The van der Waals surface area contributed by atoms with Crippen LogP contribution in [0.3, 0.4) is 0 Å². The predicted octanol–water partition coefficient (Wildman–Crippen LogP) is 2.71. The lowest BCUT2D eigenvalue weighted by Gasteiger charge is -2.12. The molecule has 3 heteroatoms. The van der Waals surface area contributed by atoms with Crippen molar-refractivity contribution in [3.63, 3.8) is 0 Å². The van der Waals surface area contributed by atoms with Crippen molar-refractivity contribution in [2.45, 2.75) is 45.1 Å².